The molecule has 0 aromatic heterocycles. The van der Waals surface area contributed by atoms with Crippen LogP contribution in [0.4, 0.5) is 0 Å². The molecule has 1 rings (SSSR count). The third-order valence-electron chi connectivity index (χ3n) is 2.73. The average Bonchev–Trinajstić information content (AvgIpc) is 2.53. The number of nitrogens with zero attached hydrogens (tertiary/aromatic N) is 4. The molecule has 0 aliphatic carbocycles. The predicted molar refractivity (Wildman–Crippen MR) is 53.4 cm³/mol. The van der Waals surface area contributed by atoms with E-state index in [1.54, 1.807) is 0 Å². The van der Waals surface area contributed by atoms with Crippen LogP contribution in [0.1, 0.15) is 26.7 Å². The number of likely N-dealkylation sites (tertiary alicyclic amines) is 1. The van der Waals surface area contributed by atoms with Crippen LogP contribution in [0.2, 0.25) is 0 Å². The van der Waals surface area contributed by atoms with E-state index in [-0.39, 0.29) is 0 Å². The smallest absolute Gasteiger partial charge is 0.0385 e. The SMILES string of the molecule is CC(C)C1CCCN1CCN=[N+]=[N-]. The fourth-order valence-electron chi connectivity index (χ4n) is 2.10. The molecule has 1 atom stereocenters. The highest BCUT2D eigenvalue weighted by Gasteiger charge is 2.25. The monoisotopic (exact) mass is 182 g/mol. The van der Waals surface area contributed by atoms with E-state index in [1.807, 2.05) is 0 Å². The maximum absolute atomic E-state index is 8.16. The quantitative estimate of drug-likeness (QED) is 0.374. The molecule has 4 nitrogen and oxygen atoms in total. The van der Waals surface area contributed by atoms with Crippen LogP contribution in [-0.4, -0.2) is 30.6 Å². The van der Waals surface area contributed by atoms with Crippen molar-refractivity contribution in [2.75, 3.05) is 19.6 Å². The molecule has 1 aliphatic rings. The van der Waals surface area contributed by atoms with Crippen LogP contribution < -0.4 is 0 Å². The van der Waals surface area contributed by atoms with Crippen molar-refractivity contribution >= 4 is 0 Å². The van der Waals surface area contributed by atoms with Gasteiger partial charge in [0.1, 0.15) is 0 Å². The molecule has 1 heterocycles. The van der Waals surface area contributed by atoms with Crippen molar-refractivity contribution in [1.82, 2.24) is 4.90 Å². The fourth-order valence-corrected chi connectivity index (χ4v) is 2.10. The summed E-state index contributed by atoms with van der Waals surface area (Å²) in [5, 5.41) is 3.57. The summed E-state index contributed by atoms with van der Waals surface area (Å²) >= 11 is 0. The molecule has 1 fully saturated rings. The van der Waals surface area contributed by atoms with Crippen molar-refractivity contribution in [1.29, 1.82) is 0 Å². The summed E-state index contributed by atoms with van der Waals surface area (Å²) in [6, 6.07) is 0.703. The Morgan fingerprint density at radius 1 is 1.62 bits per heavy atom. The van der Waals surface area contributed by atoms with Gasteiger partial charge in [-0.3, -0.25) is 0 Å². The molecular weight excluding hydrogens is 164 g/mol. The third kappa shape index (κ3) is 2.90. The van der Waals surface area contributed by atoms with Crippen LogP contribution in [0.25, 0.3) is 10.4 Å². The minimum atomic E-state index is 0.611. The molecule has 1 unspecified atom stereocenters. The van der Waals surface area contributed by atoms with Gasteiger partial charge < -0.3 is 4.90 Å². The van der Waals surface area contributed by atoms with E-state index in [0.717, 1.165) is 6.54 Å². The summed E-state index contributed by atoms with van der Waals surface area (Å²) < 4.78 is 0. The van der Waals surface area contributed by atoms with E-state index < -0.39 is 0 Å². The molecule has 0 N–H and O–H groups in total. The number of hydrogen-bond acceptors (Lipinski definition) is 2. The van der Waals surface area contributed by atoms with Crippen molar-refractivity contribution in [3.8, 4) is 0 Å². The average molecular weight is 182 g/mol. The molecule has 0 bridgehead atoms. The van der Waals surface area contributed by atoms with Crippen molar-refractivity contribution in [2.24, 2.45) is 11.0 Å². The van der Waals surface area contributed by atoms with Crippen molar-refractivity contribution < 1.29 is 0 Å². The first-order valence-electron chi connectivity index (χ1n) is 5.00. The maximum Gasteiger partial charge on any atom is 0.0385 e. The zero-order chi connectivity index (χ0) is 9.68. The van der Waals surface area contributed by atoms with Gasteiger partial charge in [0.2, 0.25) is 0 Å². The molecule has 1 saturated heterocycles. The van der Waals surface area contributed by atoms with Crippen LogP contribution in [0, 0.1) is 5.92 Å². The van der Waals surface area contributed by atoms with E-state index >= 15 is 0 Å². The highest BCUT2D eigenvalue weighted by atomic mass is 15.2. The van der Waals surface area contributed by atoms with E-state index in [9.17, 15) is 0 Å². The first-order chi connectivity index (χ1) is 6.25. The van der Waals surface area contributed by atoms with E-state index in [4.69, 9.17) is 5.53 Å². The lowest BCUT2D eigenvalue weighted by atomic mass is 10.0. The van der Waals surface area contributed by atoms with Crippen LogP contribution in [-0.2, 0) is 0 Å². The molecule has 13 heavy (non-hydrogen) atoms. The molecule has 1 aliphatic heterocycles. The summed E-state index contributed by atoms with van der Waals surface area (Å²) in [5.74, 6) is 0.716. The second kappa shape index (κ2) is 5.10. The number of hydrogen-bond donors (Lipinski definition) is 0. The minimum absolute atomic E-state index is 0.611. The molecule has 4 heteroatoms. The Hall–Kier alpha value is -0.730. The van der Waals surface area contributed by atoms with Crippen molar-refractivity contribution in [3.63, 3.8) is 0 Å². The zero-order valence-electron chi connectivity index (χ0n) is 8.48. The van der Waals surface area contributed by atoms with Crippen LogP contribution in [0.3, 0.4) is 0 Å². The Kier molecular flexibility index (Phi) is 4.06. The van der Waals surface area contributed by atoms with Gasteiger partial charge in [0.15, 0.2) is 0 Å². The Labute approximate surface area is 79.5 Å². The van der Waals surface area contributed by atoms with Crippen LogP contribution >= 0.6 is 0 Å². The molecule has 0 radical (unpaired) electrons. The van der Waals surface area contributed by atoms with Gasteiger partial charge in [-0.1, -0.05) is 19.0 Å². The van der Waals surface area contributed by atoms with Gasteiger partial charge in [-0.05, 0) is 30.8 Å². The number of rotatable bonds is 4. The third-order valence-corrected chi connectivity index (χ3v) is 2.73. The lowest BCUT2D eigenvalue weighted by Crippen LogP contribution is -2.35. The molecule has 74 valence electrons. The largest absolute Gasteiger partial charge is 0.300 e. The second-order valence-electron chi connectivity index (χ2n) is 3.94. The highest BCUT2D eigenvalue weighted by molar-refractivity contribution is 4.81. The van der Waals surface area contributed by atoms with Gasteiger partial charge in [0.25, 0.3) is 0 Å². The molecule has 0 aromatic carbocycles. The first-order valence-corrected chi connectivity index (χ1v) is 5.00. The molecule has 0 amide bonds. The highest BCUT2D eigenvalue weighted by Crippen LogP contribution is 2.22. The number of azide groups is 1. The van der Waals surface area contributed by atoms with Crippen molar-refractivity contribution in [3.05, 3.63) is 10.4 Å². The Balaban J connectivity index is 2.35. The maximum atomic E-state index is 8.16. The lowest BCUT2D eigenvalue weighted by molar-refractivity contribution is 0.212. The minimum Gasteiger partial charge on any atom is -0.300 e. The van der Waals surface area contributed by atoms with E-state index in [1.165, 1.54) is 19.4 Å². The zero-order valence-corrected chi connectivity index (χ0v) is 8.48. The standard InChI is InChI=1S/C9H18N4/c1-8(2)9-4-3-6-13(9)7-5-11-12-10/h8-9H,3-7H2,1-2H3. The normalized spacial score (nSPS) is 23.5. The fraction of sp³-hybridized carbons (Fsp3) is 1.00. The van der Waals surface area contributed by atoms with Gasteiger partial charge in [-0.2, -0.15) is 0 Å². The Morgan fingerprint density at radius 2 is 2.38 bits per heavy atom. The van der Waals surface area contributed by atoms with Crippen LogP contribution in [0.5, 0.6) is 0 Å². The second-order valence-corrected chi connectivity index (χ2v) is 3.94. The summed E-state index contributed by atoms with van der Waals surface area (Å²) in [5.41, 5.74) is 8.16. The molecule has 0 saturated carbocycles. The summed E-state index contributed by atoms with van der Waals surface area (Å²) in [7, 11) is 0. The van der Waals surface area contributed by atoms with Gasteiger partial charge in [0.05, 0.1) is 0 Å². The predicted octanol–water partition coefficient (Wildman–Crippen LogP) is 2.42. The summed E-state index contributed by atoms with van der Waals surface area (Å²) in [4.78, 5) is 5.21. The Morgan fingerprint density at radius 3 is 3.00 bits per heavy atom. The lowest BCUT2D eigenvalue weighted by Gasteiger charge is -2.26. The molecule has 0 spiro atoms. The van der Waals surface area contributed by atoms with Crippen LogP contribution in [0.15, 0.2) is 5.11 Å². The van der Waals surface area contributed by atoms with E-state index in [2.05, 4.69) is 28.8 Å². The van der Waals surface area contributed by atoms with E-state index in [0.29, 0.717) is 18.5 Å². The summed E-state index contributed by atoms with van der Waals surface area (Å²) in [6.45, 7) is 7.23. The molecule has 0 aromatic rings. The van der Waals surface area contributed by atoms with Gasteiger partial charge in [-0.15, -0.1) is 0 Å². The molecular formula is C9H18N4. The summed E-state index contributed by atoms with van der Waals surface area (Å²) in [6.07, 6.45) is 2.59. The van der Waals surface area contributed by atoms with Crippen molar-refractivity contribution in [2.45, 2.75) is 32.7 Å². The Bertz CT molecular complexity index is 196. The van der Waals surface area contributed by atoms with Gasteiger partial charge >= 0.3 is 0 Å². The first kappa shape index (κ1) is 10.4. The topological polar surface area (TPSA) is 52.0 Å². The van der Waals surface area contributed by atoms with Gasteiger partial charge in [-0.25, -0.2) is 0 Å². The van der Waals surface area contributed by atoms with Gasteiger partial charge in [0, 0.05) is 24.0 Å².